The van der Waals surface area contributed by atoms with Gasteiger partial charge >= 0.3 is 6.03 Å². The SMILES string of the molecule is CCc1ccc(OCC2CC2)c(-c2ncnc3cc(C)n(C(=O)NC4CCC(NC(=O)CO)CC4)c23)c1. The summed E-state index contributed by atoms with van der Waals surface area (Å²) in [6.07, 6.45) is 7.85. The fraction of sp³-hybridized carbons (Fsp3) is 0.500. The van der Waals surface area contributed by atoms with Gasteiger partial charge in [0.1, 0.15) is 29.9 Å². The van der Waals surface area contributed by atoms with Gasteiger partial charge < -0.3 is 20.5 Å². The second-order valence-electron chi connectivity index (χ2n) is 10.2. The molecule has 3 aromatic rings. The van der Waals surface area contributed by atoms with Gasteiger partial charge in [0.25, 0.3) is 0 Å². The normalized spacial score (nSPS) is 19.5. The molecular weight excluding hydrogens is 470 g/mol. The molecule has 0 spiro atoms. The number of amides is 2. The largest absolute Gasteiger partial charge is 0.493 e. The number of aromatic nitrogens is 3. The van der Waals surface area contributed by atoms with Gasteiger partial charge in [-0.1, -0.05) is 13.0 Å². The third kappa shape index (κ3) is 5.61. The Hall–Kier alpha value is -3.46. The van der Waals surface area contributed by atoms with Gasteiger partial charge in [-0.05, 0) is 81.5 Å². The Labute approximate surface area is 216 Å². The first-order valence-corrected chi connectivity index (χ1v) is 13.3. The molecule has 0 atom stereocenters. The highest BCUT2D eigenvalue weighted by atomic mass is 16.5. The summed E-state index contributed by atoms with van der Waals surface area (Å²) in [4.78, 5) is 34.2. The molecule has 196 valence electrons. The van der Waals surface area contributed by atoms with Gasteiger partial charge in [-0.15, -0.1) is 0 Å². The lowest BCUT2D eigenvalue weighted by Crippen LogP contribution is -2.45. The smallest absolute Gasteiger partial charge is 0.326 e. The Morgan fingerprint density at radius 1 is 1.05 bits per heavy atom. The molecule has 2 aliphatic rings. The van der Waals surface area contributed by atoms with Crippen molar-refractivity contribution in [1.29, 1.82) is 0 Å². The van der Waals surface area contributed by atoms with Crippen molar-refractivity contribution in [2.24, 2.45) is 5.92 Å². The van der Waals surface area contributed by atoms with Crippen LogP contribution in [0.2, 0.25) is 0 Å². The Bertz CT molecular complexity index is 1290. The van der Waals surface area contributed by atoms with Gasteiger partial charge in [0.05, 0.1) is 12.1 Å². The predicted octanol–water partition coefficient (Wildman–Crippen LogP) is 3.74. The van der Waals surface area contributed by atoms with Crippen LogP contribution in [0.25, 0.3) is 22.3 Å². The maximum atomic E-state index is 13.6. The monoisotopic (exact) mass is 505 g/mol. The van der Waals surface area contributed by atoms with Crippen LogP contribution in [0, 0.1) is 12.8 Å². The van der Waals surface area contributed by atoms with Gasteiger partial charge in [-0.3, -0.25) is 9.36 Å². The van der Waals surface area contributed by atoms with E-state index < -0.39 is 6.61 Å². The number of aliphatic hydroxyl groups excluding tert-OH is 1. The van der Waals surface area contributed by atoms with Gasteiger partial charge in [0.2, 0.25) is 5.91 Å². The van der Waals surface area contributed by atoms with E-state index in [2.05, 4.69) is 39.7 Å². The van der Waals surface area contributed by atoms with Crippen LogP contribution in [0.3, 0.4) is 0 Å². The lowest BCUT2D eigenvalue weighted by molar-refractivity contribution is -0.124. The van der Waals surface area contributed by atoms with E-state index in [0.29, 0.717) is 29.3 Å². The summed E-state index contributed by atoms with van der Waals surface area (Å²) in [6, 6.07) is 7.94. The van der Waals surface area contributed by atoms with Crippen LogP contribution in [-0.2, 0) is 11.2 Å². The molecule has 2 heterocycles. The van der Waals surface area contributed by atoms with Crippen LogP contribution in [-0.4, -0.2) is 56.9 Å². The van der Waals surface area contributed by atoms with Crippen molar-refractivity contribution < 1.29 is 19.4 Å². The highest BCUT2D eigenvalue weighted by Gasteiger charge is 2.27. The average molecular weight is 506 g/mol. The standard InChI is InChI=1S/C28H35N5O4/c1-3-18-6-11-24(37-15-19-4-5-19)22(13-18)26-27-23(29-16-30-26)12-17(2)33(27)28(36)32-21-9-7-20(8-10-21)31-25(35)14-34/h6,11-13,16,19-21,34H,3-5,7-10,14-15H2,1-2H3,(H,31,35)(H,32,36). The van der Waals surface area contributed by atoms with E-state index in [-0.39, 0.29) is 24.0 Å². The second kappa shape index (κ2) is 10.9. The Kier molecular flexibility index (Phi) is 7.41. The summed E-state index contributed by atoms with van der Waals surface area (Å²) in [5.41, 5.74) is 4.90. The minimum Gasteiger partial charge on any atom is -0.493 e. The summed E-state index contributed by atoms with van der Waals surface area (Å²) in [5, 5.41) is 15.0. The number of hydrogen-bond acceptors (Lipinski definition) is 6. The average Bonchev–Trinajstić information content (AvgIpc) is 3.67. The number of benzene rings is 1. The molecule has 0 bridgehead atoms. The summed E-state index contributed by atoms with van der Waals surface area (Å²) >= 11 is 0. The van der Waals surface area contributed by atoms with Crippen molar-refractivity contribution in [3.63, 3.8) is 0 Å². The van der Waals surface area contributed by atoms with Crippen molar-refractivity contribution in [1.82, 2.24) is 25.2 Å². The lowest BCUT2D eigenvalue weighted by Gasteiger charge is -2.29. The molecule has 0 unspecified atom stereocenters. The zero-order valence-electron chi connectivity index (χ0n) is 21.5. The molecule has 0 radical (unpaired) electrons. The van der Waals surface area contributed by atoms with E-state index in [1.54, 1.807) is 10.9 Å². The topological polar surface area (TPSA) is 118 Å². The lowest BCUT2D eigenvalue weighted by atomic mass is 9.91. The molecule has 9 nitrogen and oxygen atoms in total. The van der Waals surface area contributed by atoms with E-state index >= 15 is 0 Å². The molecular formula is C28H35N5O4. The first kappa shape index (κ1) is 25.2. The van der Waals surface area contributed by atoms with Crippen molar-refractivity contribution in [3.8, 4) is 17.0 Å². The van der Waals surface area contributed by atoms with Crippen molar-refractivity contribution >= 4 is 23.0 Å². The van der Waals surface area contributed by atoms with Gasteiger partial charge in [-0.25, -0.2) is 14.8 Å². The molecule has 37 heavy (non-hydrogen) atoms. The summed E-state index contributed by atoms with van der Waals surface area (Å²) < 4.78 is 7.90. The van der Waals surface area contributed by atoms with Gasteiger partial charge in [0.15, 0.2) is 0 Å². The number of fused-ring (bicyclic) bond motifs is 1. The van der Waals surface area contributed by atoms with Crippen LogP contribution in [0.15, 0.2) is 30.6 Å². The Balaban J connectivity index is 1.42. The van der Waals surface area contributed by atoms with E-state index in [0.717, 1.165) is 49.1 Å². The summed E-state index contributed by atoms with van der Waals surface area (Å²) in [6.45, 7) is 4.20. The van der Waals surface area contributed by atoms with Gasteiger partial charge in [0, 0.05) is 23.3 Å². The third-order valence-corrected chi connectivity index (χ3v) is 7.42. The number of aliphatic hydroxyl groups is 1. The van der Waals surface area contributed by atoms with Crippen LogP contribution >= 0.6 is 0 Å². The highest BCUT2D eigenvalue weighted by Crippen LogP contribution is 2.37. The van der Waals surface area contributed by atoms with E-state index in [9.17, 15) is 9.59 Å². The molecule has 9 heteroatoms. The molecule has 3 N–H and O–H groups in total. The van der Waals surface area contributed by atoms with E-state index in [1.807, 2.05) is 19.1 Å². The molecule has 0 aliphatic heterocycles. The first-order valence-electron chi connectivity index (χ1n) is 13.3. The first-order chi connectivity index (χ1) is 18.0. The Morgan fingerprint density at radius 2 is 1.78 bits per heavy atom. The number of nitrogens with one attached hydrogen (secondary N) is 2. The quantitative estimate of drug-likeness (QED) is 0.429. The molecule has 1 aromatic carbocycles. The maximum absolute atomic E-state index is 13.6. The molecule has 2 aromatic heterocycles. The number of rotatable bonds is 8. The van der Waals surface area contributed by atoms with Crippen molar-refractivity contribution in [2.75, 3.05) is 13.2 Å². The molecule has 2 aliphatic carbocycles. The van der Waals surface area contributed by atoms with Gasteiger partial charge in [-0.2, -0.15) is 0 Å². The number of hydrogen-bond donors (Lipinski definition) is 3. The Morgan fingerprint density at radius 3 is 2.46 bits per heavy atom. The third-order valence-electron chi connectivity index (χ3n) is 7.42. The number of carbonyl (C=O) groups excluding carboxylic acids is 2. The number of aryl methyl sites for hydroxylation is 2. The van der Waals surface area contributed by atoms with Crippen molar-refractivity contribution in [3.05, 3.63) is 41.9 Å². The zero-order chi connectivity index (χ0) is 25.9. The summed E-state index contributed by atoms with van der Waals surface area (Å²) in [7, 11) is 0. The minimum atomic E-state index is -0.504. The predicted molar refractivity (Wildman–Crippen MR) is 141 cm³/mol. The van der Waals surface area contributed by atoms with Crippen LogP contribution in [0.5, 0.6) is 5.75 Å². The van der Waals surface area contributed by atoms with Crippen LogP contribution in [0.1, 0.15) is 56.7 Å². The molecule has 5 rings (SSSR count). The van der Waals surface area contributed by atoms with Crippen LogP contribution in [0.4, 0.5) is 4.79 Å². The highest BCUT2D eigenvalue weighted by molar-refractivity contribution is 5.99. The van der Waals surface area contributed by atoms with Crippen LogP contribution < -0.4 is 15.4 Å². The maximum Gasteiger partial charge on any atom is 0.326 e. The number of ether oxygens (including phenoxy) is 1. The fourth-order valence-electron chi connectivity index (χ4n) is 5.11. The molecule has 0 saturated heterocycles. The fourth-order valence-corrected chi connectivity index (χ4v) is 5.11. The molecule has 2 amide bonds. The zero-order valence-corrected chi connectivity index (χ0v) is 21.5. The molecule has 2 saturated carbocycles. The van der Waals surface area contributed by atoms with Crippen molar-refractivity contribution in [2.45, 2.75) is 70.9 Å². The van der Waals surface area contributed by atoms with E-state index in [4.69, 9.17) is 9.84 Å². The summed E-state index contributed by atoms with van der Waals surface area (Å²) in [5.74, 6) is 1.04. The number of carbonyl (C=O) groups is 2. The van der Waals surface area contributed by atoms with E-state index in [1.165, 1.54) is 18.4 Å². The minimum absolute atomic E-state index is 0.000523. The second-order valence-corrected chi connectivity index (χ2v) is 10.2. The number of nitrogens with zero attached hydrogens (tertiary/aromatic N) is 3. The molecule has 2 fully saturated rings.